The van der Waals surface area contributed by atoms with E-state index < -0.39 is 0 Å². The Balaban J connectivity index is 1.26. The highest BCUT2D eigenvalue weighted by Crippen LogP contribution is 2.34. The normalized spacial score (nSPS) is 18.3. The van der Waals surface area contributed by atoms with Crippen molar-refractivity contribution in [3.8, 4) is 0 Å². The van der Waals surface area contributed by atoms with Crippen molar-refractivity contribution in [1.29, 1.82) is 0 Å². The molecule has 0 unspecified atom stereocenters. The number of hydrogen-bond donors (Lipinski definition) is 3. The fraction of sp³-hybridized carbons (Fsp3) is 0.360. The Kier molecular flexibility index (Phi) is 6.02. The highest BCUT2D eigenvalue weighted by atomic mass is 16.3. The predicted octanol–water partition coefficient (Wildman–Crippen LogP) is 2.46. The fourth-order valence-corrected chi connectivity index (χ4v) is 4.87. The summed E-state index contributed by atoms with van der Waals surface area (Å²) in [5.41, 5.74) is 2.89. The number of amides is 1. The smallest absolute Gasteiger partial charge is 0.272 e. The Morgan fingerprint density at radius 2 is 1.97 bits per heavy atom. The Morgan fingerprint density at radius 3 is 2.74 bits per heavy atom. The van der Waals surface area contributed by atoms with Crippen molar-refractivity contribution in [2.45, 2.75) is 37.6 Å². The van der Waals surface area contributed by atoms with Crippen LogP contribution in [0.25, 0.3) is 16.4 Å². The highest BCUT2D eigenvalue weighted by molar-refractivity contribution is 5.93. The fourth-order valence-electron chi connectivity index (χ4n) is 4.87. The molecule has 0 bridgehead atoms. The third-order valence-electron chi connectivity index (χ3n) is 6.78. The molecule has 5 rings (SSSR count). The number of carbonyl (C=O) groups is 1. The number of aromatic amines is 1. The molecule has 0 radical (unpaired) electrons. The summed E-state index contributed by atoms with van der Waals surface area (Å²) < 4.78 is 1.79. The largest absolute Gasteiger partial charge is 0.395 e. The number of fused-ring (bicyclic) bond motifs is 2. The summed E-state index contributed by atoms with van der Waals surface area (Å²) in [6, 6.07) is 11.5. The molecule has 0 aliphatic heterocycles. The molecule has 3 N–H and O–H groups in total. The number of H-pyrrole nitrogens is 1. The minimum absolute atomic E-state index is 0.0700. The van der Waals surface area contributed by atoms with Crippen LogP contribution in [-0.4, -0.2) is 56.8 Å². The molecule has 1 aliphatic rings. The van der Waals surface area contributed by atoms with Gasteiger partial charge in [-0.1, -0.05) is 18.2 Å². The number of anilines is 1. The van der Waals surface area contributed by atoms with Gasteiger partial charge in [0.25, 0.3) is 11.5 Å². The highest BCUT2D eigenvalue weighted by Gasteiger charge is 2.27. The first-order chi connectivity index (χ1) is 16.5. The van der Waals surface area contributed by atoms with Gasteiger partial charge in [-0.3, -0.25) is 14.0 Å². The van der Waals surface area contributed by atoms with E-state index in [0.717, 1.165) is 42.5 Å². The molecule has 0 saturated heterocycles. The van der Waals surface area contributed by atoms with Crippen LogP contribution >= 0.6 is 0 Å². The van der Waals surface area contributed by atoms with E-state index in [1.165, 1.54) is 0 Å². The second-order valence-corrected chi connectivity index (χ2v) is 8.91. The van der Waals surface area contributed by atoms with Crippen molar-refractivity contribution in [3.05, 3.63) is 70.5 Å². The van der Waals surface area contributed by atoms with Gasteiger partial charge in [0.2, 0.25) is 0 Å². The van der Waals surface area contributed by atoms with Crippen molar-refractivity contribution >= 4 is 28.0 Å². The van der Waals surface area contributed by atoms with Crippen LogP contribution in [0.3, 0.4) is 0 Å². The number of nitrogens with zero attached hydrogens (tertiary/aromatic N) is 4. The zero-order valence-electron chi connectivity index (χ0n) is 19.1. The van der Waals surface area contributed by atoms with Crippen molar-refractivity contribution in [1.82, 2.24) is 24.9 Å². The van der Waals surface area contributed by atoms with Gasteiger partial charge in [0.15, 0.2) is 0 Å². The van der Waals surface area contributed by atoms with E-state index in [1.807, 2.05) is 54.5 Å². The predicted molar refractivity (Wildman–Crippen MR) is 130 cm³/mol. The maximum Gasteiger partial charge on any atom is 0.272 e. The van der Waals surface area contributed by atoms with Crippen LogP contribution < -0.4 is 15.8 Å². The second-order valence-electron chi connectivity index (χ2n) is 8.91. The molecule has 1 saturated carbocycles. The van der Waals surface area contributed by atoms with E-state index in [4.69, 9.17) is 5.11 Å². The molecule has 0 spiro atoms. The number of carbonyl (C=O) groups excluding carboxylic acids is 1. The van der Waals surface area contributed by atoms with Crippen molar-refractivity contribution in [2.75, 3.05) is 25.1 Å². The lowest BCUT2D eigenvalue weighted by molar-refractivity contribution is 0.0919. The number of aromatic nitrogens is 4. The van der Waals surface area contributed by atoms with Crippen molar-refractivity contribution < 1.29 is 9.90 Å². The third-order valence-corrected chi connectivity index (χ3v) is 6.78. The Hall–Kier alpha value is -3.72. The van der Waals surface area contributed by atoms with Gasteiger partial charge in [-0.05, 0) is 37.8 Å². The van der Waals surface area contributed by atoms with E-state index in [-0.39, 0.29) is 30.0 Å². The Morgan fingerprint density at radius 1 is 1.21 bits per heavy atom. The van der Waals surface area contributed by atoms with E-state index in [0.29, 0.717) is 23.3 Å². The quantitative estimate of drug-likeness (QED) is 0.407. The van der Waals surface area contributed by atoms with E-state index in [9.17, 15) is 9.59 Å². The second kappa shape index (κ2) is 9.26. The van der Waals surface area contributed by atoms with Crippen LogP contribution in [0.4, 0.5) is 5.69 Å². The zero-order valence-corrected chi connectivity index (χ0v) is 19.1. The van der Waals surface area contributed by atoms with Gasteiger partial charge in [-0.2, -0.15) is 5.10 Å². The maximum atomic E-state index is 13.0. The molecule has 1 aliphatic carbocycles. The van der Waals surface area contributed by atoms with Crippen molar-refractivity contribution in [3.63, 3.8) is 0 Å². The Bertz CT molecular complexity index is 1390. The molecule has 176 valence electrons. The molecule has 1 aromatic carbocycles. The summed E-state index contributed by atoms with van der Waals surface area (Å²) in [6.07, 6.45) is 6.91. The number of aliphatic hydroxyl groups is 1. The number of hydrogen-bond acceptors (Lipinski definition) is 6. The standard InChI is InChI=1S/C25H28N6O3/c1-30(12-13-32)18-10-11-31-21(15-26-22(31)14-18)25(34)27-17-8-6-16(7-9-17)23-19-4-2-3-5-20(19)24(33)29-28-23/h2-5,10-11,14-17,32H,6-9,12-13H2,1H3,(H,27,34)(H,29,33). The zero-order chi connectivity index (χ0) is 23.7. The summed E-state index contributed by atoms with van der Waals surface area (Å²) in [5.74, 6) is 0.111. The van der Waals surface area contributed by atoms with Crippen LogP contribution in [0, 0.1) is 0 Å². The molecule has 1 fully saturated rings. The van der Waals surface area contributed by atoms with Crippen LogP contribution in [0.15, 0.2) is 53.6 Å². The van der Waals surface area contributed by atoms with Crippen molar-refractivity contribution in [2.24, 2.45) is 0 Å². The molecule has 4 aromatic rings. The van der Waals surface area contributed by atoms with Crippen LogP contribution in [0.1, 0.15) is 47.8 Å². The van der Waals surface area contributed by atoms with Gasteiger partial charge in [-0.25, -0.2) is 10.1 Å². The van der Waals surface area contributed by atoms with E-state index in [2.05, 4.69) is 20.5 Å². The van der Waals surface area contributed by atoms with Gasteiger partial charge in [0.05, 0.1) is 23.9 Å². The Labute approximate surface area is 196 Å². The maximum absolute atomic E-state index is 13.0. The monoisotopic (exact) mass is 460 g/mol. The third kappa shape index (κ3) is 4.14. The molecule has 9 nitrogen and oxygen atoms in total. The minimum atomic E-state index is -0.166. The summed E-state index contributed by atoms with van der Waals surface area (Å²) in [4.78, 5) is 31.4. The molecule has 0 atom stereocenters. The minimum Gasteiger partial charge on any atom is -0.395 e. The average molecular weight is 461 g/mol. The molecule has 1 amide bonds. The lowest BCUT2D eigenvalue weighted by atomic mass is 9.82. The first-order valence-corrected chi connectivity index (χ1v) is 11.6. The van der Waals surface area contributed by atoms with Gasteiger partial charge >= 0.3 is 0 Å². The lowest BCUT2D eigenvalue weighted by Crippen LogP contribution is -2.38. The van der Waals surface area contributed by atoms with E-state index in [1.54, 1.807) is 10.6 Å². The number of nitrogens with one attached hydrogen (secondary N) is 2. The molecule has 3 heterocycles. The molecule has 34 heavy (non-hydrogen) atoms. The molecular formula is C25H28N6O3. The SMILES string of the molecule is CN(CCO)c1ccn2c(C(=O)NC3CCC(c4n[nH]c(=O)c5ccccc45)CC3)cnc2c1. The van der Waals surface area contributed by atoms with Crippen LogP contribution in [-0.2, 0) is 0 Å². The number of pyridine rings is 1. The number of likely N-dealkylation sites (N-methyl/N-ethyl adjacent to an activating group) is 1. The van der Waals surface area contributed by atoms with Gasteiger partial charge in [0, 0.05) is 48.9 Å². The van der Waals surface area contributed by atoms with Gasteiger partial charge in [0.1, 0.15) is 11.3 Å². The van der Waals surface area contributed by atoms with Gasteiger partial charge in [-0.15, -0.1) is 0 Å². The molecule has 9 heteroatoms. The lowest BCUT2D eigenvalue weighted by Gasteiger charge is -2.29. The first kappa shape index (κ1) is 22.1. The molecular weight excluding hydrogens is 432 g/mol. The summed E-state index contributed by atoms with van der Waals surface area (Å²) >= 11 is 0. The number of aliphatic hydroxyl groups excluding tert-OH is 1. The topological polar surface area (TPSA) is 116 Å². The average Bonchev–Trinajstić information content (AvgIpc) is 3.29. The molecule has 3 aromatic heterocycles. The first-order valence-electron chi connectivity index (χ1n) is 11.6. The number of rotatable bonds is 6. The van der Waals surface area contributed by atoms with Crippen LogP contribution in [0.2, 0.25) is 0 Å². The number of benzene rings is 1. The number of imidazole rings is 1. The van der Waals surface area contributed by atoms with Crippen LogP contribution in [0.5, 0.6) is 0 Å². The summed E-state index contributed by atoms with van der Waals surface area (Å²) in [7, 11) is 1.90. The summed E-state index contributed by atoms with van der Waals surface area (Å²) in [6.45, 7) is 0.595. The summed E-state index contributed by atoms with van der Waals surface area (Å²) in [5, 5.41) is 20.9. The van der Waals surface area contributed by atoms with E-state index >= 15 is 0 Å². The van der Waals surface area contributed by atoms with Gasteiger partial charge < -0.3 is 15.3 Å².